The van der Waals surface area contributed by atoms with Gasteiger partial charge in [0.1, 0.15) is 0 Å². The van der Waals surface area contributed by atoms with E-state index in [1.54, 1.807) is 37.3 Å². The molecule has 4 aliphatic rings. The van der Waals surface area contributed by atoms with Crippen LogP contribution >= 0.6 is 61.7 Å². The van der Waals surface area contributed by atoms with Crippen LogP contribution in [0.5, 0.6) is 11.5 Å². The zero-order valence-corrected chi connectivity index (χ0v) is 26.9. The van der Waals surface area contributed by atoms with E-state index in [2.05, 4.69) is 38.5 Å². The fourth-order valence-electron chi connectivity index (χ4n) is 6.99. The number of halogens is 4. The normalized spacial score (nSPS) is 32.6. The number of allylic oxidation sites excluding steroid dienone is 2. The maximum absolute atomic E-state index is 14.0. The zero-order chi connectivity index (χ0) is 29.4. The van der Waals surface area contributed by atoms with Gasteiger partial charge in [0, 0.05) is 15.1 Å². The average molecular weight is 774 g/mol. The number of anilines is 1. The molecule has 2 aliphatic heterocycles. The minimum absolute atomic E-state index is 0.124. The third-order valence-corrected chi connectivity index (χ3v) is 11.4. The number of fused-ring (bicyclic) bond motifs is 4. The number of imide groups is 2. The molecular formula is C29H24BrCl2IN2O6. The first kappa shape index (κ1) is 28.9. The van der Waals surface area contributed by atoms with Crippen molar-refractivity contribution in [3.8, 4) is 11.5 Å². The number of alkyl halides is 3. The van der Waals surface area contributed by atoms with Gasteiger partial charge in [-0.3, -0.25) is 29.0 Å². The van der Waals surface area contributed by atoms with Gasteiger partial charge in [-0.05, 0) is 78.6 Å². The molecule has 6 unspecified atom stereocenters. The number of ether oxygens (including phenoxy) is 1. The van der Waals surface area contributed by atoms with E-state index < -0.39 is 45.2 Å². The molecule has 1 saturated carbocycles. The highest BCUT2D eigenvalue weighted by Gasteiger charge is 2.76. The third kappa shape index (κ3) is 3.89. The van der Waals surface area contributed by atoms with Crippen LogP contribution in [0.4, 0.5) is 5.69 Å². The van der Waals surface area contributed by atoms with Crippen LogP contribution in [0.25, 0.3) is 0 Å². The molecule has 8 nitrogen and oxygen atoms in total. The lowest BCUT2D eigenvalue weighted by Crippen LogP contribution is -2.60. The lowest BCUT2D eigenvalue weighted by molar-refractivity contribution is -0.138. The number of phenols is 1. The van der Waals surface area contributed by atoms with Gasteiger partial charge in [0.15, 0.2) is 21.2 Å². The summed E-state index contributed by atoms with van der Waals surface area (Å²) in [6, 6.07) is 12.0. The molecule has 2 heterocycles. The number of carbonyl (C=O) groups is 4. The van der Waals surface area contributed by atoms with Gasteiger partial charge in [-0.2, -0.15) is 0 Å². The Morgan fingerprint density at radius 3 is 2.41 bits per heavy atom. The second-order valence-corrected chi connectivity index (χ2v) is 13.6. The molecule has 0 spiro atoms. The van der Waals surface area contributed by atoms with Crippen LogP contribution in [0.2, 0.25) is 0 Å². The predicted molar refractivity (Wildman–Crippen MR) is 164 cm³/mol. The van der Waals surface area contributed by atoms with Crippen LogP contribution in [0, 0.1) is 21.3 Å². The molecule has 2 aromatic rings. The SMILES string of the molecule is CCOc1cccc(C2C3=CCC4C(=O)N(c5ccc(I)cc5)C(=O)C4C3CC3(Cl)C(=O)N(CBr)C(=O)C23Cl)c1O. The number of carbonyl (C=O) groups excluding carboxylic acids is 4. The Morgan fingerprint density at radius 2 is 1.76 bits per heavy atom. The number of likely N-dealkylation sites (tertiary alicyclic amines) is 1. The molecule has 1 N–H and O–H groups in total. The highest BCUT2D eigenvalue weighted by Crippen LogP contribution is 2.66. The van der Waals surface area contributed by atoms with Crippen LogP contribution < -0.4 is 9.64 Å². The molecule has 2 aliphatic carbocycles. The summed E-state index contributed by atoms with van der Waals surface area (Å²) in [7, 11) is 0. The Morgan fingerprint density at radius 1 is 1.05 bits per heavy atom. The topological polar surface area (TPSA) is 104 Å². The molecule has 3 fully saturated rings. The average Bonchev–Trinajstić information content (AvgIpc) is 3.28. The molecule has 6 rings (SSSR count). The van der Waals surface area contributed by atoms with E-state index in [1.807, 2.05) is 18.2 Å². The molecule has 0 aromatic heterocycles. The number of para-hydroxylation sites is 1. The van der Waals surface area contributed by atoms with Crippen molar-refractivity contribution in [1.29, 1.82) is 0 Å². The minimum atomic E-state index is -2.00. The molecular weight excluding hydrogens is 750 g/mol. The molecule has 4 amide bonds. The van der Waals surface area contributed by atoms with Crippen molar-refractivity contribution in [2.24, 2.45) is 17.8 Å². The van der Waals surface area contributed by atoms with Crippen LogP contribution in [-0.4, -0.2) is 55.4 Å². The lowest BCUT2D eigenvalue weighted by Gasteiger charge is -2.50. The van der Waals surface area contributed by atoms with E-state index in [0.29, 0.717) is 11.3 Å². The summed E-state index contributed by atoms with van der Waals surface area (Å²) in [6.45, 7) is 2.05. The Bertz CT molecular complexity index is 1540. The minimum Gasteiger partial charge on any atom is -0.504 e. The fourth-order valence-corrected chi connectivity index (χ4v) is 8.76. The van der Waals surface area contributed by atoms with E-state index in [-0.39, 0.29) is 53.8 Å². The number of hydrogen-bond donors (Lipinski definition) is 1. The number of aromatic hydroxyl groups is 1. The summed E-state index contributed by atoms with van der Waals surface area (Å²) in [5.74, 6) is -5.38. The van der Waals surface area contributed by atoms with Gasteiger partial charge < -0.3 is 9.84 Å². The highest BCUT2D eigenvalue weighted by atomic mass is 127. The van der Waals surface area contributed by atoms with E-state index in [9.17, 15) is 24.3 Å². The number of phenolic OH excluding ortho intramolecular Hbond substituents is 1. The first-order valence-corrected chi connectivity index (χ1v) is 16.0. The second kappa shape index (κ2) is 10.2. The summed E-state index contributed by atoms with van der Waals surface area (Å²) >= 11 is 19.8. The van der Waals surface area contributed by atoms with Crippen molar-refractivity contribution < 1.29 is 29.0 Å². The van der Waals surface area contributed by atoms with Gasteiger partial charge >= 0.3 is 0 Å². The number of rotatable bonds is 5. The Labute approximate surface area is 268 Å². The lowest BCUT2D eigenvalue weighted by atomic mass is 9.56. The number of benzene rings is 2. The van der Waals surface area contributed by atoms with Gasteiger partial charge in [0.25, 0.3) is 11.8 Å². The molecule has 41 heavy (non-hydrogen) atoms. The monoisotopic (exact) mass is 772 g/mol. The summed E-state index contributed by atoms with van der Waals surface area (Å²) < 4.78 is 6.57. The van der Waals surface area contributed by atoms with Gasteiger partial charge in [-0.15, -0.1) is 23.2 Å². The molecule has 12 heteroatoms. The molecule has 6 atom stereocenters. The van der Waals surface area contributed by atoms with Crippen molar-refractivity contribution in [3.05, 3.63) is 63.2 Å². The maximum Gasteiger partial charge on any atom is 0.254 e. The smallest absolute Gasteiger partial charge is 0.254 e. The van der Waals surface area contributed by atoms with Crippen molar-refractivity contribution in [3.63, 3.8) is 0 Å². The van der Waals surface area contributed by atoms with Crippen molar-refractivity contribution in [2.45, 2.75) is 35.4 Å². The quantitative estimate of drug-likeness (QED) is 0.145. The van der Waals surface area contributed by atoms with Crippen LogP contribution in [0.3, 0.4) is 0 Å². The molecule has 2 saturated heterocycles. The first-order valence-electron chi connectivity index (χ1n) is 13.1. The summed E-state index contributed by atoms with van der Waals surface area (Å²) in [6.07, 6.45) is 1.94. The standard InChI is InChI=1S/C29H24BrCl2IN2O6/c1-2-41-20-5-3-4-18(23(20)36)22-16-10-11-17-21(25(38)35(24(17)37)15-8-6-14(33)7-9-15)19(16)12-28(31)26(39)34(13-30)27(40)29(22,28)32/h3-10,17,19,21-22,36H,2,11-13H2,1H3. The predicted octanol–water partition coefficient (Wildman–Crippen LogP) is 5.31. The third-order valence-electron chi connectivity index (χ3n) is 8.74. The van der Waals surface area contributed by atoms with E-state index >= 15 is 0 Å². The highest BCUT2D eigenvalue weighted by molar-refractivity contribution is 14.1. The van der Waals surface area contributed by atoms with Crippen LogP contribution in [0.15, 0.2) is 54.1 Å². The largest absolute Gasteiger partial charge is 0.504 e. The first-order chi connectivity index (χ1) is 19.5. The Kier molecular flexibility index (Phi) is 7.23. The zero-order valence-electron chi connectivity index (χ0n) is 21.7. The van der Waals surface area contributed by atoms with Crippen molar-refractivity contribution >= 4 is 91.0 Å². The fraction of sp³-hybridized carbons (Fsp3) is 0.379. The molecule has 0 radical (unpaired) electrons. The van der Waals surface area contributed by atoms with Crippen molar-refractivity contribution in [1.82, 2.24) is 4.90 Å². The summed E-state index contributed by atoms with van der Waals surface area (Å²) in [5.41, 5.74) is 1.20. The summed E-state index contributed by atoms with van der Waals surface area (Å²) in [4.78, 5) is 53.6. The molecule has 2 aromatic carbocycles. The number of hydrogen-bond acceptors (Lipinski definition) is 6. The number of amides is 4. The van der Waals surface area contributed by atoms with Crippen molar-refractivity contribution in [2.75, 3.05) is 17.0 Å². The van der Waals surface area contributed by atoms with E-state index in [4.69, 9.17) is 27.9 Å². The maximum atomic E-state index is 14.0. The van der Waals surface area contributed by atoms with Gasteiger partial charge in [0.2, 0.25) is 11.8 Å². The second-order valence-electron chi connectivity index (χ2n) is 10.6. The van der Waals surface area contributed by atoms with Crippen LogP contribution in [-0.2, 0) is 19.2 Å². The van der Waals surface area contributed by atoms with Crippen LogP contribution in [0.1, 0.15) is 31.2 Å². The van der Waals surface area contributed by atoms with Gasteiger partial charge in [0.05, 0.1) is 29.6 Å². The Balaban J connectivity index is 1.53. The van der Waals surface area contributed by atoms with Gasteiger partial charge in [-0.25, -0.2) is 0 Å². The van der Waals surface area contributed by atoms with E-state index in [0.717, 1.165) is 8.47 Å². The number of nitrogens with zero attached hydrogens (tertiary/aromatic N) is 2. The molecule has 214 valence electrons. The van der Waals surface area contributed by atoms with E-state index in [1.165, 1.54) is 4.90 Å². The Hall–Kier alpha value is -2.15. The van der Waals surface area contributed by atoms with Gasteiger partial charge in [-0.1, -0.05) is 39.7 Å². The molecule has 0 bridgehead atoms. The summed E-state index contributed by atoms with van der Waals surface area (Å²) in [5, 5.41) is 11.3.